The fourth-order valence-electron chi connectivity index (χ4n) is 2.20. The van der Waals surface area contributed by atoms with E-state index in [1.54, 1.807) is 0 Å². The zero-order chi connectivity index (χ0) is 12.5. The Bertz CT molecular complexity index is 282. The molecule has 1 rings (SSSR count). The molecule has 0 aromatic heterocycles. The van der Waals surface area contributed by atoms with Crippen molar-refractivity contribution in [3.63, 3.8) is 0 Å². The number of hydrogen-bond acceptors (Lipinski definition) is 1. The van der Waals surface area contributed by atoms with Crippen LogP contribution in [0.25, 0.3) is 0 Å². The van der Waals surface area contributed by atoms with Crippen LogP contribution in [-0.2, 0) is 0 Å². The topological polar surface area (TPSA) is 20.2 Å². The van der Waals surface area contributed by atoms with Gasteiger partial charge in [-0.15, -0.1) is 0 Å². The third kappa shape index (κ3) is 6.54. The summed E-state index contributed by atoms with van der Waals surface area (Å²) in [6, 6.07) is 0. The second-order valence-corrected chi connectivity index (χ2v) is 5.10. The highest BCUT2D eigenvalue weighted by atomic mass is 16.3. The third-order valence-corrected chi connectivity index (χ3v) is 3.56. The predicted octanol–water partition coefficient (Wildman–Crippen LogP) is 3.92. The Morgan fingerprint density at radius 1 is 1.29 bits per heavy atom. The zero-order valence-electron chi connectivity index (χ0n) is 11.3. The average Bonchev–Trinajstić information content (AvgIpc) is 3.08. The highest BCUT2D eigenvalue weighted by Crippen LogP contribution is 2.43. The maximum atomic E-state index is 9.57. The molecule has 1 aliphatic carbocycles. The van der Waals surface area contributed by atoms with Gasteiger partial charge in [-0.2, -0.15) is 0 Å². The van der Waals surface area contributed by atoms with Gasteiger partial charge in [0.15, 0.2) is 0 Å². The Morgan fingerprint density at radius 2 is 2.12 bits per heavy atom. The fourth-order valence-corrected chi connectivity index (χ4v) is 2.20. The lowest BCUT2D eigenvalue weighted by Gasteiger charge is -2.00. The molecule has 0 aromatic carbocycles. The summed E-state index contributed by atoms with van der Waals surface area (Å²) in [7, 11) is 0. The van der Waals surface area contributed by atoms with Crippen LogP contribution in [0.3, 0.4) is 0 Å². The van der Waals surface area contributed by atoms with Crippen molar-refractivity contribution in [3.05, 3.63) is 12.2 Å². The first-order valence-corrected chi connectivity index (χ1v) is 7.12. The first-order valence-electron chi connectivity index (χ1n) is 7.12. The highest BCUT2D eigenvalue weighted by Gasteiger charge is 2.33. The lowest BCUT2D eigenvalue weighted by molar-refractivity contribution is 0.217. The van der Waals surface area contributed by atoms with Crippen LogP contribution in [0.1, 0.15) is 58.8 Å². The van der Waals surface area contributed by atoms with Crippen molar-refractivity contribution >= 4 is 0 Å². The Kier molecular flexibility index (Phi) is 7.05. The summed E-state index contributed by atoms with van der Waals surface area (Å²) in [5.74, 6) is 7.70. The van der Waals surface area contributed by atoms with Gasteiger partial charge in [0, 0.05) is 0 Å². The molecule has 0 bridgehead atoms. The minimum absolute atomic E-state index is 0.435. The van der Waals surface area contributed by atoms with Crippen molar-refractivity contribution in [2.75, 3.05) is 0 Å². The summed E-state index contributed by atoms with van der Waals surface area (Å²) in [5.41, 5.74) is 0. The summed E-state index contributed by atoms with van der Waals surface area (Å²) >= 11 is 0. The molecule has 1 unspecified atom stereocenters. The molecule has 0 saturated heterocycles. The van der Waals surface area contributed by atoms with E-state index in [0.29, 0.717) is 0 Å². The second kappa shape index (κ2) is 8.37. The molecule has 1 aliphatic rings. The van der Waals surface area contributed by atoms with Crippen LogP contribution < -0.4 is 0 Å². The number of unbranched alkanes of at least 4 members (excludes halogenated alkanes) is 2. The Labute approximate surface area is 106 Å². The van der Waals surface area contributed by atoms with Crippen LogP contribution >= 0.6 is 0 Å². The summed E-state index contributed by atoms with van der Waals surface area (Å²) in [6.45, 7) is 4.43. The summed E-state index contributed by atoms with van der Waals surface area (Å²) in [6.07, 6.45) is 11.8. The molecular formula is C16H26O. The van der Waals surface area contributed by atoms with E-state index in [9.17, 15) is 5.11 Å². The normalized spacial score (nSPS) is 24.4. The zero-order valence-corrected chi connectivity index (χ0v) is 11.3. The standard InChI is InChI=1S/C16H26O/c1-3-5-7-11-16(17)12-9-6-8-10-15-13-14(15)4-2/h6,8,14-17H,3-5,7,10-11,13H2,1-2H3/b8-6-/t14-,15-,16?/m1/s1. The van der Waals surface area contributed by atoms with Crippen LogP contribution in [-0.4, -0.2) is 11.2 Å². The molecule has 1 saturated carbocycles. The predicted molar refractivity (Wildman–Crippen MR) is 73.6 cm³/mol. The van der Waals surface area contributed by atoms with Gasteiger partial charge in [-0.3, -0.25) is 0 Å². The molecule has 1 heteroatoms. The van der Waals surface area contributed by atoms with Gasteiger partial charge in [-0.05, 0) is 43.6 Å². The Hall–Kier alpha value is -0.740. The summed E-state index contributed by atoms with van der Waals surface area (Å²) in [4.78, 5) is 0. The molecule has 1 fully saturated rings. The highest BCUT2D eigenvalue weighted by molar-refractivity contribution is 5.18. The van der Waals surface area contributed by atoms with Crippen molar-refractivity contribution in [2.24, 2.45) is 11.8 Å². The molecule has 3 atom stereocenters. The second-order valence-electron chi connectivity index (χ2n) is 5.10. The SMILES string of the molecule is CCCCCC(O)C#C/C=C\C[C@@H]1C[C@H]1CC. The quantitative estimate of drug-likeness (QED) is 0.523. The van der Waals surface area contributed by atoms with Crippen LogP contribution in [0.5, 0.6) is 0 Å². The van der Waals surface area contributed by atoms with Crippen LogP contribution in [0, 0.1) is 23.7 Å². The lowest BCUT2D eigenvalue weighted by Crippen LogP contribution is -2.01. The number of hydrogen-bond donors (Lipinski definition) is 1. The Balaban J connectivity index is 2.06. The van der Waals surface area contributed by atoms with Gasteiger partial charge in [0.2, 0.25) is 0 Å². The van der Waals surface area contributed by atoms with E-state index in [2.05, 4.69) is 31.8 Å². The van der Waals surface area contributed by atoms with Crippen molar-refractivity contribution in [1.82, 2.24) is 0 Å². The summed E-state index contributed by atoms with van der Waals surface area (Å²) in [5, 5.41) is 9.57. The minimum atomic E-state index is -0.435. The van der Waals surface area contributed by atoms with Crippen molar-refractivity contribution in [2.45, 2.75) is 64.9 Å². The van der Waals surface area contributed by atoms with Gasteiger partial charge >= 0.3 is 0 Å². The van der Waals surface area contributed by atoms with Gasteiger partial charge in [0.1, 0.15) is 6.10 Å². The maximum absolute atomic E-state index is 9.57. The van der Waals surface area contributed by atoms with Gasteiger partial charge in [-0.25, -0.2) is 0 Å². The molecule has 1 N–H and O–H groups in total. The van der Waals surface area contributed by atoms with Gasteiger partial charge in [-0.1, -0.05) is 51.0 Å². The van der Waals surface area contributed by atoms with Crippen LogP contribution in [0.4, 0.5) is 0 Å². The van der Waals surface area contributed by atoms with E-state index in [0.717, 1.165) is 24.7 Å². The van der Waals surface area contributed by atoms with Gasteiger partial charge < -0.3 is 5.11 Å². The third-order valence-electron chi connectivity index (χ3n) is 3.56. The smallest absolute Gasteiger partial charge is 0.115 e. The molecule has 0 aromatic rings. The van der Waals surface area contributed by atoms with Crippen molar-refractivity contribution < 1.29 is 5.11 Å². The van der Waals surface area contributed by atoms with Crippen LogP contribution in [0.15, 0.2) is 12.2 Å². The monoisotopic (exact) mass is 234 g/mol. The number of aliphatic hydroxyl groups is 1. The minimum Gasteiger partial charge on any atom is -0.380 e. The van der Waals surface area contributed by atoms with E-state index in [-0.39, 0.29) is 0 Å². The van der Waals surface area contributed by atoms with E-state index >= 15 is 0 Å². The van der Waals surface area contributed by atoms with E-state index < -0.39 is 6.10 Å². The molecule has 17 heavy (non-hydrogen) atoms. The number of rotatable bonds is 7. The van der Waals surface area contributed by atoms with Gasteiger partial charge in [0.05, 0.1) is 0 Å². The first kappa shape index (κ1) is 14.3. The molecule has 0 heterocycles. The molecule has 0 radical (unpaired) electrons. The number of allylic oxidation sites excluding steroid dienone is 2. The van der Waals surface area contributed by atoms with E-state index in [1.807, 2.05) is 6.08 Å². The fraction of sp³-hybridized carbons (Fsp3) is 0.750. The first-order chi connectivity index (χ1) is 8.27. The molecule has 0 aliphatic heterocycles. The number of aliphatic hydroxyl groups excluding tert-OH is 1. The maximum Gasteiger partial charge on any atom is 0.115 e. The lowest BCUT2D eigenvalue weighted by atomic mass is 10.1. The molecule has 1 nitrogen and oxygen atoms in total. The molecule has 0 spiro atoms. The van der Waals surface area contributed by atoms with Crippen LogP contribution in [0.2, 0.25) is 0 Å². The molecule has 96 valence electrons. The summed E-state index contributed by atoms with van der Waals surface area (Å²) < 4.78 is 0. The average molecular weight is 234 g/mol. The van der Waals surface area contributed by atoms with Crippen molar-refractivity contribution in [3.8, 4) is 11.8 Å². The Morgan fingerprint density at radius 3 is 2.76 bits per heavy atom. The molecular weight excluding hydrogens is 208 g/mol. The van der Waals surface area contributed by atoms with E-state index in [1.165, 1.54) is 32.1 Å². The van der Waals surface area contributed by atoms with Crippen molar-refractivity contribution in [1.29, 1.82) is 0 Å². The largest absolute Gasteiger partial charge is 0.380 e. The van der Waals surface area contributed by atoms with Gasteiger partial charge in [0.25, 0.3) is 0 Å². The molecule has 0 amide bonds. The van der Waals surface area contributed by atoms with E-state index in [4.69, 9.17) is 0 Å².